The predicted molar refractivity (Wildman–Crippen MR) is 105 cm³/mol. The predicted octanol–water partition coefficient (Wildman–Crippen LogP) is 2.93. The molecule has 0 saturated carbocycles. The van der Waals surface area contributed by atoms with Crippen molar-refractivity contribution in [1.82, 2.24) is 5.32 Å². The molecule has 1 aliphatic rings. The number of carbonyl (C=O) groups is 2. The third-order valence-electron chi connectivity index (χ3n) is 4.76. The van der Waals surface area contributed by atoms with Gasteiger partial charge in [-0.05, 0) is 29.7 Å². The van der Waals surface area contributed by atoms with E-state index in [9.17, 15) is 9.59 Å². The maximum absolute atomic E-state index is 12.3. The number of hydrogen-bond acceptors (Lipinski definition) is 3. The Balaban J connectivity index is 1.51. The van der Waals surface area contributed by atoms with Gasteiger partial charge in [-0.25, -0.2) is 0 Å². The molecule has 1 aliphatic heterocycles. The number of para-hydroxylation sites is 2. The van der Waals surface area contributed by atoms with E-state index in [1.807, 2.05) is 49.4 Å². The Labute approximate surface area is 154 Å². The van der Waals surface area contributed by atoms with Crippen LogP contribution in [0, 0.1) is 0 Å². The number of nitrogens with one attached hydrogen (secondary N) is 2. The molecular weight excluding hydrogens is 326 g/mol. The van der Waals surface area contributed by atoms with E-state index >= 15 is 0 Å². The summed E-state index contributed by atoms with van der Waals surface area (Å²) >= 11 is 0. The summed E-state index contributed by atoms with van der Waals surface area (Å²) in [5.74, 6) is 0.0510. The van der Waals surface area contributed by atoms with Crippen LogP contribution < -0.4 is 15.5 Å². The molecule has 0 fully saturated rings. The van der Waals surface area contributed by atoms with Crippen molar-refractivity contribution in [1.29, 1.82) is 0 Å². The number of nitrogens with zero attached hydrogens (tertiary/aromatic N) is 1. The van der Waals surface area contributed by atoms with Gasteiger partial charge in [-0.1, -0.05) is 50.2 Å². The molecule has 0 aliphatic carbocycles. The molecule has 0 saturated heterocycles. The minimum atomic E-state index is -0.213. The Morgan fingerprint density at radius 1 is 1.08 bits per heavy atom. The summed E-state index contributed by atoms with van der Waals surface area (Å²) in [4.78, 5) is 26.5. The van der Waals surface area contributed by atoms with Crippen molar-refractivity contribution < 1.29 is 9.59 Å². The highest BCUT2D eigenvalue weighted by molar-refractivity contribution is 5.95. The summed E-state index contributed by atoms with van der Waals surface area (Å²) < 4.78 is 0. The van der Waals surface area contributed by atoms with E-state index in [0.29, 0.717) is 5.92 Å². The lowest BCUT2D eigenvalue weighted by Gasteiger charge is -2.19. The molecule has 1 heterocycles. The second-order valence-corrected chi connectivity index (χ2v) is 6.68. The maximum Gasteiger partial charge on any atom is 0.243 e. The van der Waals surface area contributed by atoms with Crippen LogP contribution in [0.2, 0.25) is 0 Å². The Bertz CT molecular complexity index is 803. The molecule has 1 atom stereocenters. The number of aryl methyl sites for hydroxylation is 1. The highest BCUT2D eigenvalue weighted by Gasteiger charge is 2.26. The first-order chi connectivity index (χ1) is 12.6. The van der Waals surface area contributed by atoms with Crippen molar-refractivity contribution in [3.8, 4) is 0 Å². The van der Waals surface area contributed by atoms with Crippen LogP contribution in [0.15, 0.2) is 48.5 Å². The van der Waals surface area contributed by atoms with E-state index < -0.39 is 0 Å². The fraction of sp³-hybridized carbons (Fsp3) is 0.333. The first-order valence-corrected chi connectivity index (χ1v) is 9.06. The van der Waals surface area contributed by atoms with Gasteiger partial charge in [0.2, 0.25) is 11.8 Å². The van der Waals surface area contributed by atoms with Crippen LogP contribution in [0.1, 0.15) is 30.9 Å². The van der Waals surface area contributed by atoms with Gasteiger partial charge in [0.05, 0.1) is 13.1 Å². The first kappa shape index (κ1) is 18.0. The zero-order valence-electron chi connectivity index (χ0n) is 15.3. The summed E-state index contributed by atoms with van der Waals surface area (Å²) in [6, 6.07) is 15.9. The molecule has 0 bridgehead atoms. The number of fused-ring (bicyclic) bond motifs is 1. The molecule has 26 heavy (non-hydrogen) atoms. The molecule has 0 aromatic heterocycles. The summed E-state index contributed by atoms with van der Waals surface area (Å²) in [6.07, 6.45) is 0.843. The van der Waals surface area contributed by atoms with Crippen molar-refractivity contribution in [3.63, 3.8) is 0 Å². The Morgan fingerprint density at radius 3 is 2.62 bits per heavy atom. The molecule has 0 spiro atoms. The normalized spacial score (nSPS) is 15.5. The minimum Gasteiger partial charge on any atom is -0.361 e. The molecule has 2 aromatic carbocycles. The van der Waals surface area contributed by atoms with Gasteiger partial charge in [-0.2, -0.15) is 0 Å². The van der Waals surface area contributed by atoms with Crippen molar-refractivity contribution in [2.24, 2.45) is 0 Å². The second kappa shape index (κ2) is 8.04. The van der Waals surface area contributed by atoms with Gasteiger partial charge >= 0.3 is 0 Å². The van der Waals surface area contributed by atoms with Crippen molar-refractivity contribution in [2.45, 2.75) is 26.2 Å². The monoisotopic (exact) mass is 351 g/mol. The van der Waals surface area contributed by atoms with Gasteiger partial charge in [0.15, 0.2) is 0 Å². The summed E-state index contributed by atoms with van der Waals surface area (Å²) in [6.45, 7) is 5.27. The van der Waals surface area contributed by atoms with Gasteiger partial charge in [0, 0.05) is 23.8 Å². The van der Waals surface area contributed by atoms with Crippen LogP contribution in [-0.2, 0) is 16.0 Å². The number of amides is 2. The average Bonchev–Trinajstić information content (AvgIpc) is 2.96. The highest BCUT2D eigenvalue weighted by Crippen LogP contribution is 2.35. The van der Waals surface area contributed by atoms with E-state index in [1.165, 1.54) is 5.56 Å². The van der Waals surface area contributed by atoms with Gasteiger partial charge in [0.25, 0.3) is 0 Å². The zero-order chi connectivity index (χ0) is 18.5. The van der Waals surface area contributed by atoms with Crippen LogP contribution in [0.5, 0.6) is 0 Å². The summed E-state index contributed by atoms with van der Waals surface area (Å²) in [7, 11) is 0. The number of hydrogen-bond donors (Lipinski definition) is 2. The molecule has 0 radical (unpaired) electrons. The van der Waals surface area contributed by atoms with E-state index in [1.54, 1.807) is 0 Å². The van der Waals surface area contributed by atoms with Crippen molar-refractivity contribution in [2.75, 3.05) is 29.9 Å². The van der Waals surface area contributed by atoms with Gasteiger partial charge in [-0.15, -0.1) is 0 Å². The van der Waals surface area contributed by atoms with Gasteiger partial charge in [0.1, 0.15) is 0 Å². The summed E-state index contributed by atoms with van der Waals surface area (Å²) in [5.41, 5.74) is 4.26. The second-order valence-electron chi connectivity index (χ2n) is 6.68. The third-order valence-corrected chi connectivity index (χ3v) is 4.76. The number of anilines is 2. The molecule has 1 unspecified atom stereocenters. The van der Waals surface area contributed by atoms with Crippen LogP contribution >= 0.6 is 0 Å². The highest BCUT2D eigenvalue weighted by atomic mass is 16.2. The van der Waals surface area contributed by atoms with Crippen LogP contribution in [0.3, 0.4) is 0 Å². The lowest BCUT2D eigenvalue weighted by atomic mass is 10.0. The van der Waals surface area contributed by atoms with Crippen molar-refractivity contribution >= 4 is 23.2 Å². The molecule has 5 nitrogen and oxygen atoms in total. The molecule has 2 amide bonds. The van der Waals surface area contributed by atoms with E-state index in [0.717, 1.165) is 29.9 Å². The molecule has 136 valence electrons. The quantitative estimate of drug-likeness (QED) is 0.841. The van der Waals surface area contributed by atoms with Crippen LogP contribution in [0.25, 0.3) is 0 Å². The largest absolute Gasteiger partial charge is 0.361 e. The number of benzene rings is 2. The molecule has 3 rings (SSSR count). The fourth-order valence-electron chi connectivity index (χ4n) is 3.42. The lowest BCUT2D eigenvalue weighted by molar-refractivity contribution is -0.123. The fourth-order valence-corrected chi connectivity index (χ4v) is 3.42. The first-order valence-electron chi connectivity index (χ1n) is 9.06. The topological polar surface area (TPSA) is 61.4 Å². The standard InChI is InChI=1S/C21H25N3O2/c1-3-16-8-4-6-10-18(16)23-20(25)12-22-21(26)14-24-13-15(2)17-9-5-7-11-19(17)24/h4-11,15H,3,12-14H2,1-2H3,(H,22,26)(H,23,25). The Hall–Kier alpha value is -2.82. The molecule has 2 N–H and O–H groups in total. The van der Waals surface area contributed by atoms with E-state index in [-0.39, 0.29) is 24.9 Å². The Morgan fingerprint density at radius 2 is 1.81 bits per heavy atom. The van der Waals surface area contributed by atoms with Gasteiger partial charge in [-0.3, -0.25) is 9.59 Å². The van der Waals surface area contributed by atoms with Crippen LogP contribution in [0.4, 0.5) is 11.4 Å². The van der Waals surface area contributed by atoms with Crippen LogP contribution in [-0.4, -0.2) is 31.4 Å². The number of carbonyl (C=O) groups excluding carboxylic acids is 2. The third kappa shape index (κ3) is 4.04. The molecule has 5 heteroatoms. The maximum atomic E-state index is 12.3. The molecular formula is C21H25N3O2. The SMILES string of the molecule is CCc1ccccc1NC(=O)CNC(=O)CN1CC(C)c2ccccc21. The van der Waals surface area contributed by atoms with E-state index in [4.69, 9.17) is 0 Å². The van der Waals surface area contributed by atoms with Gasteiger partial charge < -0.3 is 15.5 Å². The number of rotatable bonds is 6. The summed E-state index contributed by atoms with van der Waals surface area (Å²) in [5, 5.41) is 5.59. The van der Waals surface area contributed by atoms with Crippen molar-refractivity contribution in [3.05, 3.63) is 59.7 Å². The average molecular weight is 351 g/mol. The zero-order valence-corrected chi connectivity index (χ0v) is 15.3. The smallest absolute Gasteiger partial charge is 0.243 e. The molecule has 2 aromatic rings. The van der Waals surface area contributed by atoms with E-state index in [2.05, 4.69) is 28.5 Å². The minimum absolute atomic E-state index is 0.0259. The lowest BCUT2D eigenvalue weighted by Crippen LogP contribution is -2.40. The Kier molecular flexibility index (Phi) is 5.56.